The van der Waals surface area contributed by atoms with E-state index in [0.717, 1.165) is 5.56 Å². The Balaban J connectivity index is 1.90. The Labute approximate surface area is 158 Å². The summed E-state index contributed by atoms with van der Waals surface area (Å²) < 4.78 is 29.6. The van der Waals surface area contributed by atoms with Crippen molar-refractivity contribution < 1.29 is 13.2 Å². The van der Waals surface area contributed by atoms with Crippen molar-refractivity contribution in [3.63, 3.8) is 0 Å². The molecule has 1 aromatic heterocycles. The van der Waals surface area contributed by atoms with Gasteiger partial charge < -0.3 is 5.32 Å². The zero-order chi connectivity index (χ0) is 19.6. The minimum Gasteiger partial charge on any atom is -0.305 e. The largest absolute Gasteiger partial charge is 0.305 e. The zero-order valence-electron chi connectivity index (χ0n) is 15.2. The van der Waals surface area contributed by atoms with E-state index in [1.165, 1.54) is 12.1 Å². The Kier molecular flexibility index (Phi) is 5.00. The lowest BCUT2D eigenvalue weighted by Crippen LogP contribution is -2.17. The molecule has 1 amide bonds. The number of amides is 1. The van der Waals surface area contributed by atoms with Gasteiger partial charge in [0.25, 0.3) is 15.9 Å². The van der Waals surface area contributed by atoms with E-state index >= 15 is 0 Å². The average Bonchev–Trinajstić information content (AvgIpc) is 3.01. The second-order valence-corrected chi connectivity index (χ2v) is 7.91. The molecule has 0 radical (unpaired) electrons. The molecular weight excluding hydrogens is 364 g/mol. The number of rotatable bonds is 5. The van der Waals surface area contributed by atoms with Crippen LogP contribution in [0.1, 0.15) is 21.5 Å². The van der Waals surface area contributed by atoms with E-state index in [4.69, 9.17) is 0 Å². The van der Waals surface area contributed by atoms with Gasteiger partial charge in [-0.2, -0.15) is 5.10 Å². The first-order valence-electron chi connectivity index (χ1n) is 8.26. The smallest absolute Gasteiger partial charge is 0.261 e. The van der Waals surface area contributed by atoms with Crippen LogP contribution in [0.4, 0.5) is 11.5 Å². The fraction of sp³-hybridized carbons (Fsp3) is 0.158. The fourth-order valence-corrected chi connectivity index (χ4v) is 3.73. The van der Waals surface area contributed by atoms with Crippen LogP contribution in [-0.4, -0.2) is 24.1 Å². The Morgan fingerprint density at radius 2 is 1.78 bits per heavy atom. The zero-order valence-corrected chi connectivity index (χ0v) is 16.0. The third-order valence-electron chi connectivity index (χ3n) is 4.11. The van der Waals surface area contributed by atoms with Crippen LogP contribution in [0.2, 0.25) is 0 Å². The first kappa shape index (κ1) is 18.7. The summed E-state index contributed by atoms with van der Waals surface area (Å²) in [5.41, 5.74) is 2.24. The summed E-state index contributed by atoms with van der Waals surface area (Å²) in [5.74, 6) is -0.0210. The molecule has 140 valence electrons. The van der Waals surface area contributed by atoms with Crippen LogP contribution in [0.15, 0.2) is 59.6 Å². The van der Waals surface area contributed by atoms with Crippen molar-refractivity contribution in [3.05, 3.63) is 71.4 Å². The highest BCUT2D eigenvalue weighted by atomic mass is 32.2. The minimum atomic E-state index is -3.83. The Hall–Kier alpha value is -3.13. The number of aryl methyl sites for hydroxylation is 3. The van der Waals surface area contributed by atoms with Crippen molar-refractivity contribution in [3.8, 4) is 0 Å². The van der Waals surface area contributed by atoms with E-state index in [1.807, 2.05) is 19.1 Å². The molecule has 3 aromatic rings. The maximum Gasteiger partial charge on any atom is 0.261 e. The summed E-state index contributed by atoms with van der Waals surface area (Å²) >= 11 is 0. The van der Waals surface area contributed by atoms with Crippen LogP contribution in [0.3, 0.4) is 0 Å². The van der Waals surface area contributed by atoms with Gasteiger partial charge in [0, 0.05) is 24.9 Å². The maximum atomic E-state index is 12.7. The van der Waals surface area contributed by atoms with Crippen LogP contribution < -0.4 is 10.0 Å². The lowest BCUT2D eigenvalue weighted by Gasteiger charge is -2.12. The lowest BCUT2D eigenvalue weighted by molar-refractivity contribution is 0.102. The second-order valence-electron chi connectivity index (χ2n) is 6.23. The SMILES string of the molecule is Cc1ccccc1NS(=O)(=O)c1ccc(C)c(C(=O)Nc2ccn(C)n2)c1. The number of carbonyl (C=O) groups excluding carboxylic acids is 1. The van der Waals surface area contributed by atoms with E-state index in [9.17, 15) is 13.2 Å². The number of sulfonamides is 1. The van der Waals surface area contributed by atoms with Gasteiger partial charge in [-0.05, 0) is 43.2 Å². The van der Waals surface area contributed by atoms with Crippen molar-refractivity contribution in [2.45, 2.75) is 18.7 Å². The molecule has 2 N–H and O–H groups in total. The van der Waals surface area contributed by atoms with Crippen LogP contribution in [0.25, 0.3) is 0 Å². The molecule has 3 rings (SSSR count). The van der Waals surface area contributed by atoms with Crippen molar-refractivity contribution in [2.75, 3.05) is 10.0 Å². The van der Waals surface area contributed by atoms with Gasteiger partial charge in [0.1, 0.15) is 0 Å². The highest BCUT2D eigenvalue weighted by molar-refractivity contribution is 7.92. The molecule has 0 spiro atoms. The van der Waals surface area contributed by atoms with Gasteiger partial charge in [0.15, 0.2) is 5.82 Å². The normalized spacial score (nSPS) is 11.2. The number of carbonyl (C=O) groups is 1. The van der Waals surface area contributed by atoms with Crippen LogP contribution in [0, 0.1) is 13.8 Å². The summed E-state index contributed by atoms with van der Waals surface area (Å²) in [5, 5.41) is 6.77. The molecule has 0 fully saturated rings. The predicted octanol–water partition coefficient (Wildman–Crippen LogP) is 3.09. The molecule has 8 heteroatoms. The van der Waals surface area contributed by atoms with Gasteiger partial charge >= 0.3 is 0 Å². The van der Waals surface area contributed by atoms with Crippen molar-refractivity contribution in [1.29, 1.82) is 0 Å². The topological polar surface area (TPSA) is 93.1 Å². The third kappa shape index (κ3) is 4.17. The van der Waals surface area contributed by atoms with Crippen molar-refractivity contribution in [1.82, 2.24) is 9.78 Å². The number of hydrogen-bond donors (Lipinski definition) is 2. The minimum absolute atomic E-state index is 0.0162. The molecule has 0 saturated carbocycles. The molecular formula is C19H20N4O3S. The predicted molar refractivity (Wildman–Crippen MR) is 104 cm³/mol. The monoisotopic (exact) mass is 384 g/mol. The average molecular weight is 384 g/mol. The van der Waals surface area contributed by atoms with Crippen LogP contribution in [0.5, 0.6) is 0 Å². The molecule has 0 aliphatic rings. The summed E-state index contributed by atoms with van der Waals surface area (Å²) in [7, 11) is -2.09. The van der Waals surface area contributed by atoms with E-state index < -0.39 is 15.9 Å². The number of anilines is 2. The van der Waals surface area contributed by atoms with Crippen LogP contribution in [-0.2, 0) is 17.1 Å². The van der Waals surface area contributed by atoms with Gasteiger partial charge in [-0.25, -0.2) is 8.42 Å². The molecule has 0 atom stereocenters. The van der Waals surface area contributed by atoms with Gasteiger partial charge in [-0.15, -0.1) is 0 Å². The highest BCUT2D eigenvalue weighted by Crippen LogP contribution is 2.22. The summed E-state index contributed by atoms with van der Waals surface area (Å²) in [6.07, 6.45) is 1.70. The number of benzene rings is 2. The Morgan fingerprint density at radius 1 is 1.04 bits per heavy atom. The van der Waals surface area contributed by atoms with E-state index in [1.54, 1.807) is 49.1 Å². The summed E-state index contributed by atoms with van der Waals surface area (Å²) in [4.78, 5) is 12.6. The Bertz CT molecular complexity index is 1100. The van der Waals surface area contributed by atoms with Gasteiger partial charge in [-0.3, -0.25) is 14.2 Å². The van der Waals surface area contributed by atoms with E-state index in [2.05, 4.69) is 15.1 Å². The molecule has 0 aliphatic heterocycles. The number of para-hydroxylation sites is 1. The number of aromatic nitrogens is 2. The first-order valence-corrected chi connectivity index (χ1v) is 9.75. The molecule has 27 heavy (non-hydrogen) atoms. The molecule has 0 aliphatic carbocycles. The molecule has 0 unspecified atom stereocenters. The van der Waals surface area contributed by atoms with Gasteiger partial charge in [-0.1, -0.05) is 24.3 Å². The second kappa shape index (κ2) is 7.24. The summed E-state index contributed by atoms with van der Waals surface area (Å²) in [6.45, 7) is 3.57. The van der Waals surface area contributed by atoms with Crippen molar-refractivity contribution >= 4 is 27.4 Å². The maximum absolute atomic E-state index is 12.7. The Morgan fingerprint density at radius 3 is 2.44 bits per heavy atom. The van der Waals surface area contributed by atoms with E-state index in [-0.39, 0.29) is 10.5 Å². The lowest BCUT2D eigenvalue weighted by atomic mass is 10.1. The molecule has 0 bridgehead atoms. The molecule has 1 heterocycles. The molecule has 0 saturated heterocycles. The number of nitrogens with zero attached hydrogens (tertiary/aromatic N) is 2. The first-order chi connectivity index (χ1) is 12.8. The molecule has 2 aromatic carbocycles. The third-order valence-corrected chi connectivity index (χ3v) is 5.47. The quantitative estimate of drug-likeness (QED) is 0.707. The summed E-state index contributed by atoms with van der Waals surface area (Å²) in [6, 6.07) is 13.2. The number of hydrogen-bond acceptors (Lipinski definition) is 4. The standard InChI is InChI=1S/C19H20N4O3S/c1-13-8-9-15(27(25,26)22-17-7-5-4-6-14(17)2)12-16(13)19(24)20-18-10-11-23(3)21-18/h4-12,22H,1-3H3,(H,20,21,24). The van der Waals surface area contributed by atoms with Gasteiger partial charge in [0.05, 0.1) is 10.6 Å². The van der Waals surface area contributed by atoms with Crippen molar-refractivity contribution in [2.24, 2.45) is 7.05 Å². The highest BCUT2D eigenvalue weighted by Gasteiger charge is 2.19. The number of nitrogens with one attached hydrogen (secondary N) is 2. The fourth-order valence-electron chi connectivity index (χ4n) is 2.57. The van der Waals surface area contributed by atoms with E-state index in [0.29, 0.717) is 17.1 Å². The van der Waals surface area contributed by atoms with Crippen LogP contribution >= 0.6 is 0 Å². The molecule has 7 nitrogen and oxygen atoms in total. The van der Waals surface area contributed by atoms with Gasteiger partial charge in [0.2, 0.25) is 0 Å².